The van der Waals surface area contributed by atoms with E-state index in [-0.39, 0.29) is 16.0 Å². The van der Waals surface area contributed by atoms with Crippen LogP contribution in [-0.2, 0) is 6.42 Å². The van der Waals surface area contributed by atoms with Crippen molar-refractivity contribution in [2.75, 3.05) is 0 Å². The van der Waals surface area contributed by atoms with Gasteiger partial charge in [-0.2, -0.15) is 5.10 Å². The number of aromatic nitrogens is 2. The van der Waals surface area contributed by atoms with Gasteiger partial charge in [-0.25, -0.2) is 13.9 Å². The molecule has 0 aliphatic rings. The van der Waals surface area contributed by atoms with Crippen LogP contribution in [0.15, 0.2) is 48.5 Å². The van der Waals surface area contributed by atoms with Gasteiger partial charge in [0.25, 0.3) is 0 Å². The molecule has 6 heteroatoms. The van der Waals surface area contributed by atoms with E-state index < -0.39 is 11.8 Å². The molecule has 0 atom stereocenters. The number of carboxylic acids is 1. The van der Waals surface area contributed by atoms with Gasteiger partial charge in [0.1, 0.15) is 11.4 Å². The highest BCUT2D eigenvalue weighted by atomic mass is 35.5. The normalized spacial score (nSPS) is 11.6. The quantitative estimate of drug-likeness (QED) is 0.633. The summed E-state index contributed by atoms with van der Waals surface area (Å²) in [7, 11) is 0. The van der Waals surface area contributed by atoms with E-state index in [2.05, 4.69) is 5.10 Å². The molecular formula is C21H20ClFN2O2. The Morgan fingerprint density at radius 3 is 2.41 bits per heavy atom. The summed E-state index contributed by atoms with van der Waals surface area (Å²) in [5, 5.41) is 14.5. The topological polar surface area (TPSA) is 55.1 Å². The second kappa shape index (κ2) is 7.16. The molecule has 0 saturated heterocycles. The Morgan fingerprint density at radius 2 is 1.85 bits per heavy atom. The van der Waals surface area contributed by atoms with Crippen molar-refractivity contribution in [3.63, 3.8) is 0 Å². The molecule has 27 heavy (non-hydrogen) atoms. The van der Waals surface area contributed by atoms with E-state index in [0.29, 0.717) is 29.1 Å². The maximum absolute atomic E-state index is 13.6. The molecule has 0 saturated carbocycles. The van der Waals surface area contributed by atoms with E-state index in [1.807, 2.05) is 51.1 Å². The van der Waals surface area contributed by atoms with Gasteiger partial charge in [0, 0.05) is 5.56 Å². The summed E-state index contributed by atoms with van der Waals surface area (Å²) in [6.45, 7) is 6.07. The average molecular weight is 387 g/mol. The number of rotatable bonds is 4. The number of carboxylic acid groups (broad SMARTS) is 1. The van der Waals surface area contributed by atoms with Crippen molar-refractivity contribution in [2.45, 2.75) is 27.2 Å². The lowest BCUT2D eigenvalue weighted by molar-refractivity contribution is 0.0696. The number of hydrogen-bond acceptors (Lipinski definition) is 2. The molecule has 1 N–H and O–H groups in total. The molecule has 2 aromatic carbocycles. The predicted octanol–water partition coefficient (Wildman–Crippen LogP) is 5.62. The zero-order chi connectivity index (χ0) is 19.8. The molecule has 0 radical (unpaired) electrons. The lowest BCUT2D eigenvalue weighted by Crippen LogP contribution is -2.13. The third kappa shape index (κ3) is 4.03. The van der Waals surface area contributed by atoms with Crippen LogP contribution in [0.25, 0.3) is 16.9 Å². The van der Waals surface area contributed by atoms with Gasteiger partial charge in [0.15, 0.2) is 0 Å². The van der Waals surface area contributed by atoms with Crippen molar-refractivity contribution in [3.05, 3.63) is 70.6 Å². The van der Waals surface area contributed by atoms with E-state index in [9.17, 15) is 14.3 Å². The summed E-state index contributed by atoms with van der Waals surface area (Å²) in [5.74, 6) is -1.59. The summed E-state index contributed by atoms with van der Waals surface area (Å²) >= 11 is 5.95. The summed E-state index contributed by atoms with van der Waals surface area (Å²) in [6.07, 6.45) is 0.483. The van der Waals surface area contributed by atoms with Crippen molar-refractivity contribution in [1.82, 2.24) is 9.78 Å². The number of benzene rings is 2. The van der Waals surface area contributed by atoms with E-state index in [4.69, 9.17) is 11.6 Å². The maximum atomic E-state index is 13.6. The van der Waals surface area contributed by atoms with Crippen LogP contribution < -0.4 is 0 Å². The first-order valence-corrected chi connectivity index (χ1v) is 8.91. The van der Waals surface area contributed by atoms with Crippen molar-refractivity contribution >= 4 is 17.6 Å². The Hall–Kier alpha value is -2.66. The summed E-state index contributed by atoms with van der Waals surface area (Å²) in [6, 6.07) is 13.4. The highest BCUT2D eigenvalue weighted by Gasteiger charge is 2.28. The first-order valence-electron chi connectivity index (χ1n) is 8.53. The molecule has 0 aliphatic carbocycles. The summed E-state index contributed by atoms with van der Waals surface area (Å²) < 4.78 is 15.2. The number of halogens is 2. The Kier molecular flexibility index (Phi) is 5.07. The highest BCUT2D eigenvalue weighted by molar-refractivity contribution is 6.30. The van der Waals surface area contributed by atoms with Crippen LogP contribution in [0.3, 0.4) is 0 Å². The van der Waals surface area contributed by atoms with Crippen molar-refractivity contribution in [1.29, 1.82) is 0 Å². The monoisotopic (exact) mass is 386 g/mol. The molecule has 1 aromatic heterocycles. The molecule has 4 nitrogen and oxygen atoms in total. The van der Waals surface area contributed by atoms with E-state index in [1.165, 1.54) is 22.9 Å². The van der Waals surface area contributed by atoms with Crippen LogP contribution in [-0.4, -0.2) is 20.9 Å². The fourth-order valence-corrected chi connectivity index (χ4v) is 3.16. The molecule has 0 spiro atoms. The van der Waals surface area contributed by atoms with Crippen LogP contribution >= 0.6 is 11.6 Å². The molecule has 1 heterocycles. The van der Waals surface area contributed by atoms with Gasteiger partial charge in [-0.05, 0) is 30.0 Å². The maximum Gasteiger partial charge on any atom is 0.339 e. The van der Waals surface area contributed by atoms with Gasteiger partial charge in [-0.15, -0.1) is 0 Å². The minimum absolute atomic E-state index is 0.0451. The molecule has 0 aliphatic heterocycles. The molecule has 0 amide bonds. The number of hydrogen-bond donors (Lipinski definition) is 1. The molecular weight excluding hydrogens is 367 g/mol. The average Bonchev–Trinajstić information content (AvgIpc) is 2.95. The molecule has 140 valence electrons. The third-order valence-electron chi connectivity index (χ3n) is 4.06. The van der Waals surface area contributed by atoms with Crippen molar-refractivity contribution < 1.29 is 14.3 Å². The van der Waals surface area contributed by atoms with Gasteiger partial charge >= 0.3 is 5.97 Å². The summed E-state index contributed by atoms with van der Waals surface area (Å²) in [4.78, 5) is 12.1. The Bertz CT molecular complexity index is 991. The van der Waals surface area contributed by atoms with Crippen LogP contribution in [0.4, 0.5) is 4.39 Å². The second-order valence-electron chi connectivity index (χ2n) is 7.59. The minimum Gasteiger partial charge on any atom is -0.478 e. The number of carbonyl (C=O) groups is 1. The fraction of sp³-hybridized carbons (Fsp3) is 0.238. The molecule has 0 unspecified atom stereocenters. The second-order valence-corrected chi connectivity index (χ2v) is 8.00. The van der Waals surface area contributed by atoms with Gasteiger partial charge in [0.2, 0.25) is 0 Å². The molecule has 3 rings (SSSR count). The van der Waals surface area contributed by atoms with Crippen LogP contribution in [0.5, 0.6) is 0 Å². The number of nitrogens with zero attached hydrogens (tertiary/aromatic N) is 2. The molecule has 0 bridgehead atoms. The fourth-order valence-electron chi connectivity index (χ4n) is 2.98. The van der Waals surface area contributed by atoms with Crippen LogP contribution in [0.2, 0.25) is 5.02 Å². The van der Waals surface area contributed by atoms with Gasteiger partial charge < -0.3 is 5.11 Å². The minimum atomic E-state index is -1.05. The van der Waals surface area contributed by atoms with Crippen molar-refractivity contribution in [2.24, 2.45) is 5.41 Å². The molecule has 0 fully saturated rings. The van der Waals surface area contributed by atoms with Crippen LogP contribution in [0, 0.1) is 11.2 Å². The lowest BCUT2D eigenvalue weighted by Gasteiger charge is -2.16. The Labute approximate surface area is 162 Å². The number of aromatic carboxylic acids is 1. The van der Waals surface area contributed by atoms with E-state index >= 15 is 0 Å². The smallest absolute Gasteiger partial charge is 0.339 e. The largest absolute Gasteiger partial charge is 0.478 e. The zero-order valence-corrected chi connectivity index (χ0v) is 16.1. The van der Waals surface area contributed by atoms with Crippen LogP contribution in [0.1, 0.15) is 36.8 Å². The standard InChI is InChI=1S/C21H20ClFN2O2/c1-21(2,3)12-17-18(20(26)27)19(13-7-5-4-6-8-13)25(24-17)14-9-10-16(23)15(22)11-14/h4-11H,12H2,1-3H3,(H,26,27). The van der Waals surface area contributed by atoms with E-state index in [1.54, 1.807) is 0 Å². The Balaban J connectivity index is 2.32. The zero-order valence-electron chi connectivity index (χ0n) is 15.3. The first-order chi connectivity index (χ1) is 12.7. The third-order valence-corrected chi connectivity index (χ3v) is 4.35. The van der Waals surface area contributed by atoms with E-state index in [0.717, 1.165) is 0 Å². The predicted molar refractivity (Wildman–Crippen MR) is 104 cm³/mol. The first kappa shape index (κ1) is 19.1. The SMILES string of the molecule is CC(C)(C)Cc1nn(-c2ccc(F)c(Cl)c2)c(-c2ccccc2)c1C(=O)O. The van der Waals surface area contributed by atoms with Crippen molar-refractivity contribution in [3.8, 4) is 16.9 Å². The summed E-state index contributed by atoms with van der Waals surface area (Å²) in [5.41, 5.74) is 2.14. The van der Waals surface area contributed by atoms with Gasteiger partial charge in [0.05, 0.1) is 22.1 Å². The van der Waals surface area contributed by atoms with Gasteiger partial charge in [-0.3, -0.25) is 0 Å². The van der Waals surface area contributed by atoms with Gasteiger partial charge in [-0.1, -0.05) is 62.7 Å². The highest BCUT2D eigenvalue weighted by Crippen LogP contribution is 2.33. The molecule has 3 aromatic rings. The Morgan fingerprint density at radius 1 is 1.19 bits per heavy atom. The lowest BCUT2D eigenvalue weighted by atomic mass is 9.88.